The third-order valence-corrected chi connectivity index (χ3v) is 3.51. The first-order valence-electron chi connectivity index (χ1n) is 7.43. The van der Waals surface area contributed by atoms with Gasteiger partial charge in [0.2, 0.25) is 0 Å². The van der Waals surface area contributed by atoms with Gasteiger partial charge in [0, 0.05) is 5.33 Å². The van der Waals surface area contributed by atoms with Crippen LogP contribution in [0, 0.1) is 6.92 Å². The second-order valence-electron chi connectivity index (χ2n) is 5.09. The van der Waals surface area contributed by atoms with E-state index in [1.54, 1.807) is 18.2 Å². The number of hydrogen-bond donors (Lipinski definition) is 0. The predicted molar refractivity (Wildman–Crippen MR) is 100.0 cm³/mol. The van der Waals surface area contributed by atoms with Crippen LogP contribution in [0.25, 0.3) is 12.2 Å². The molecule has 2 aromatic rings. The van der Waals surface area contributed by atoms with Crippen molar-refractivity contribution in [2.24, 2.45) is 0 Å². The lowest BCUT2D eigenvalue weighted by atomic mass is 10.1. The minimum Gasteiger partial charge on any atom is -0.493 e. The Labute approximate surface area is 145 Å². The Balaban J connectivity index is 1.91. The summed E-state index contributed by atoms with van der Waals surface area (Å²) < 4.78 is 5.48. The van der Waals surface area contributed by atoms with E-state index in [1.165, 1.54) is 5.56 Å². The number of allylic oxidation sites excluding steroid dienone is 2. The first-order valence-corrected chi connectivity index (χ1v) is 8.55. The van der Waals surface area contributed by atoms with Crippen LogP contribution in [0.4, 0.5) is 0 Å². The van der Waals surface area contributed by atoms with Gasteiger partial charge in [0.25, 0.3) is 0 Å². The molecule has 0 bridgehead atoms. The van der Waals surface area contributed by atoms with Gasteiger partial charge < -0.3 is 4.74 Å². The minimum absolute atomic E-state index is 0.0369. The summed E-state index contributed by atoms with van der Waals surface area (Å²) >= 11 is 3.32. The average molecular weight is 371 g/mol. The molecule has 0 amide bonds. The summed E-state index contributed by atoms with van der Waals surface area (Å²) in [6.07, 6.45) is 6.77. The van der Waals surface area contributed by atoms with Gasteiger partial charge in [-0.3, -0.25) is 4.79 Å². The largest absolute Gasteiger partial charge is 0.493 e. The molecular weight excluding hydrogens is 352 g/mol. The number of benzene rings is 2. The summed E-state index contributed by atoms with van der Waals surface area (Å²) in [6, 6.07) is 15.7. The molecule has 0 aliphatic carbocycles. The molecule has 2 aromatic carbocycles. The highest BCUT2D eigenvalue weighted by Crippen LogP contribution is 2.13. The van der Waals surface area contributed by atoms with Gasteiger partial charge in [-0.1, -0.05) is 70.0 Å². The third kappa shape index (κ3) is 6.25. The maximum absolute atomic E-state index is 11.9. The lowest BCUT2D eigenvalue weighted by molar-refractivity contribution is -0.110. The van der Waals surface area contributed by atoms with Crippen LogP contribution < -0.4 is 4.74 Å². The quantitative estimate of drug-likeness (QED) is 0.502. The third-order valence-electron chi connectivity index (χ3n) is 3.18. The molecule has 0 unspecified atom stereocenters. The Bertz CT molecular complexity index is 683. The topological polar surface area (TPSA) is 26.3 Å². The number of carbonyl (C=O) groups is 1. The number of alkyl halides is 1. The van der Waals surface area contributed by atoms with E-state index in [-0.39, 0.29) is 5.78 Å². The Hall–Kier alpha value is -2.13. The van der Waals surface area contributed by atoms with Crippen molar-refractivity contribution >= 4 is 33.9 Å². The van der Waals surface area contributed by atoms with Crippen LogP contribution in [0.5, 0.6) is 5.75 Å². The maximum Gasteiger partial charge on any atom is 0.178 e. The molecule has 23 heavy (non-hydrogen) atoms. The molecule has 0 radical (unpaired) electrons. The molecule has 3 heteroatoms. The molecule has 0 atom stereocenters. The molecule has 0 aliphatic heterocycles. The van der Waals surface area contributed by atoms with Crippen molar-refractivity contribution in [3.63, 3.8) is 0 Å². The van der Waals surface area contributed by atoms with Crippen molar-refractivity contribution in [2.45, 2.75) is 6.92 Å². The molecule has 0 saturated heterocycles. The summed E-state index contributed by atoms with van der Waals surface area (Å²) in [5.74, 6) is 0.789. The Morgan fingerprint density at radius 1 is 0.957 bits per heavy atom. The predicted octanol–water partition coefficient (Wildman–Crippen LogP) is 5.06. The Morgan fingerprint density at radius 3 is 2.00 bits per heavy atom. The van der Waals surface area contributed by atoms with E-state index in [0.29, 0.717) is 6.61 Å². The maximum atomic E-state index is 11.9. The van der Waals surface area contributed by atoms with Gasteiger partial charge >= 0.3 is 0 Å². The van der Waals surface area contributed by atoms with E-state index in [1.807, 2.05) is 61.5 Å². The monoisotopic (exact) mass is 370 g/mol. The number of carbonyl (C=O) groups excluding carboxylic acids is 1. The van der Waals surface area contributed by atoms with E-state index in [2.05, 4.69) is 15.9 Å². The number of hydrogen-bond acceptors (Lipinski definition) is 2. The molecule has 0 saturated carbocycles. The SMILES string of the molecule is Cc1ccc(C=CC(=O)C=Cc2ccc(OCCBr)cc2)cc1. The zero-order valence-electron chi connectivity index (χ0n) is 13.0. The number of ketones is 1. The van der Waals surface area contributed by atoms with Crippen LogP contribution in [0.1, 0.15) is 16.7 Å². The standard InChI is InChI=1S/C20H19BrO2/c1-16-2-4-17(5-3-16)6-10-19(22)11-7-18-8-12-20(13-9-18)23-15-14-21/h2-13H,14-15H2,1H3. The van der Waals surface area contributed by atoms with Crippen molar-refractivity contribution in [1.82, 2.24) is 0 Å². The molecule has 2 nitrogen and oxygen atoms in total. The minimum atomic E-state index is -0.0369. The van der Waals surface area contributed by atoms with Gasteiger partial charge in [0.1, 0.15) is 5.75 Å². The molecule has 0 N–H and O–H groups in total. The summed E-state index contributed by atoms with van der Waals surface area (Å²) in [5, 5.41) is 0.802. The van der Waals surface area contributed by atoms with Crippen LogP contribution in [0.2, 0.25) is 0 Å². The fourth-order valence-electron chi connectivity index (χ4n) is 1.92. The van der Waals surface area contributed by atoms with Gasteiger partial charge in [0.15, 0.2) is 5.78 Å². The fourth-order valence-corrected chi connectivity index (χ4v) is 2.08. The average Bonchev–Trinajstić information content (AvgIpc) is 2.58. The molecule has 0 spiro atoms. The van der Waals surface area contributed by atoms with Gasteiger partial charge in [0.05, 0.1) is 6.61 Å². The molecule has 0 heterocycles. The van der Waals surface area contributed by atoms with E-state index in [9.17, 15) is 4.79 Å². The smallest absolute Gasteiger partial charge is 0.178 e. The number of halogens is 1. The highest BCUT2D eigenvalue weighted by Gasteiger charge is 1.94. The van der Waals surface area contributed by atoms with E-state index >= 15 is 0 Å². The van der Waals surface area contributed by atoms with Crippen LogP contribution in [-0.2, 0) is 4.79 Å². The van der Waals surface area contributed by atoms with Crippen LogP contribution in [0.15, 0.2) is 60.7 Å². The second-order valence-corrected chi connectivity index (χ2v) is 5.88. The second kappa shape index (κ2) is 9.11. The van der Waals surface area contributed by atoms with Crippen molar-refractivity contribution < 1.29 is 9.53 Å². The molecular formula is C20H19BrO2. The van der Waals surface area contributed by atoms with Gasteiger partial charge in [-0.15, -0.1) is 0 Å². The van der Waals surface area contributed by atoms with Crippen LogP contribution >= 0.6 is 15.9 Å². The van der Waals surface area contributed by atoms with Crippen molar-refractivity contribution in [3.05, 3.63) is 77.4 Å². The molecule has 2 rings (SSSR count). The number of aryl methyl sites for hydroxylation is 1. The summed E-state index contributed by atoms with van der Waals surface area (Å²) in [6.45, 7) is 2.68. The zero-order chi connectivity index (χ0) is 16.5. The molecule has 118 valence electrons. The first-order chi connectivity index (χ1) is 11.2. The lowest BCUT2D eigenvalue weighted by Crippen LogP contribution is -1.97. The first kappa shape index (κ1) is 17.2. The van der Waals surface area contributed by atoms with Crippen LogP contribution in [0.3, 0.4) is 0 Å². The number of ether oxygens (including phenoxy) is 1. The van der Waals surface area contributed by atoms with E-state index < -0.39 is 0 Å². The summed E-state index contributed by atoms with van der Waals surface area (Å²) in [4.78, 5) is 11.9. The van der Waals surface area contributed by atoms with Gasteiger partial charge in [-0.2, -0.15) is 0 Å². The van der Waals surface area contributed by atoms with Gasteiger partial charge in [-0.05, 0) is 42.3 Å². The van der Waals surface area contributed by atoms with Crippen molar-refractivity contribution in [1.29, 1.82) is 0 Å². The molecule has 0 fully saturated rings. The normalized spacial score (nSPS) is 11.2. The summed E-state index contributed by atoms with van der Waals surface area (Å²) in [5.41, 5.74) is 3.19. The van der Waals surface area contributed by atoms with Gasteiger partial charge in [-0.25, -0.2) is 0 Å². The molecule has 0 aromatic heterocycles. The van der Waals surface area contributed by atoms with Crippen molar-refractivity contribution in [2.75, 3.05) is 11.9 Å². The lowest BCUT2D eigenvalue weighted by Gasteiger charge is -2.03. The van der Waals surface area contributed by atoms with Crippen LogP contribution in [-0.4, -0.2) is 17.7 Å². The molecule has 0 aliphatic rings. The van der Waals surface area contributed by atoms with E-state index in [0.717, 1.165) is 22.2 Å². The zero-order valence-corrected chi connectivity index (χ0v) is 14.6. The van der Waals surface area contributed by atoms with Crippen molar-refractivity contribution in [3.8, 4) is 5.75 Å². The Kier molecular flexibility index (Phi) is 6.82. The highest BCUT2D eigenvalue weighted by atomic mass is 79.9. The highest BCUT2D eigenvalue weighted by molar-refractivity contribution is 9.09. The fraction of sp³-hybridized carbons (Fsp3) is 0.150. The number of rotatable bonds is 7. The van der Waals surface area contributed by atoms with E-state index in [4.69, 9.17) is 4.74 Å². The Morgan fingerprint density at radius 2 is 1.48 bits per heavy atom. The summed E-state index contributed by atoms with van der Waals surface area (Å²) in [7, 11) is 0.